The fourth-order valence-corrected chi connectivity index (χ4v) is 5.73. The smallest absolute Gasteiger partial charge is 0.269 e. The highest BCUT2D eigenvalue weighted by atomic mass is 32.2. The van der Waals surface area contributed by atoms with Crippen LogP contribution in [0.2, 0.25) is 0 Å². The molecule has 2 amide bonds. The molecular formula is C30H36N4O7S. The lowest BCUT2D eigenvalue weighted by atomic mass is 10.1. The number of benzene rings is 3. The van der Waals surface area contributed by atoms with Crippen LogP contribution in [-0.4, -0.2) is 56.3 Å². The highest BCUT2D eigenvalue weighted by molar-refractivity contribution is 7.92. The van der Waals surface area contributed by atoms with E-state index < -0.39 is 33.4 Å². The number of nitro groups is 1. The number of methoxy groups -OCH3 is 1. The quantitative estimate of drug-likeness (QED) is 0.215. The minimum Gasteiger partial charge on any atom is -0.497 e. The van der Waals surface area contributed by atoms with Crippen LogP contribution in [0.4, 0.5) is 11.4 Å². The largest absolute Gasteiger partial charge is 0.497 e. The van der Waals surface area contributed by atoms with Crippen LogP contribution in [0.3, 0.4) is 0 Å². The molecule has 0 aliphatic carbocycles. The van der Waals surface area contributed by atoms with Crippen LogP contribution in [0.15, 0.2) is 83.8 Å². The Bertz CT molecular complexity index is 1480. The lowest BCUT2D eigenvalue weighted by Crippen LogP contribution is -2.52. The van der Waals surface area contributed by atoms with E-state index in [0.29, 0.717) is 17.9 Å². The van der Waals surface area contributed by atoms with Crippen molar-refractivity contribution in [1.29, 1.82) is 0 Å². The van der Waals surface area contributed by atoms with E-state index in [2.05, 4.69) is 5.32 Å². The third-order valence-corrected chi connectivity index (χ3v) is 8.30. The van der Waals surface area contributed by atoms with Gasteiger partial charge < -0.3 is 15.0 Å². The van der Waals surface area contributed by atoms with Crippen LogP contribution < -0.4 is 14.4 Å². The molecule has 11 nitrogen and oxygen atoms in total. The summed E-state index contributed by atoms with van der Waals surface area (Å²) in [7, 11) is -2.76. The number of carbonyl (C=O) groups excluding carboxylic acids is 2. The zero-order chi connectivity index (χ0) is 30.9. The second kappa shape index (κ2) is 14.4. The lowest BCUT2D eigenvalue weighted by molar-refractivity contribution is -0.384. The summed E-state index contributed by atoms with van der Waals surface area (Å²) in [5.74, 6) is -0.225. The van der Waals surface area contributed by atoms with Crippen molar-refractivity contribution < 1.29 is 27.7 Å². The van der Waals surface area contributed by atoms with Crippen LogP contribution in [0.5, 0.6) is 5.75 Å². The predicted molar refractivity (Wildman–Crippen MR) is 160 cm³/mol. The van der Waals surface area contributed by atoms with Gasteiger partial charge in [-0.1, -0.05) is 51.1 Å². The SMILES string of the molecule is CC[C@@H](C(=O)NCC(C)C)N(Cc1cccc(OC)c1)C(=O)CN(c1ccc([N+](=O)[O-])cc1)S(=O)(=O)c1ccccc1. The summed E-state index contributed by atoms with van der Waals surface area (Å²) < 4.78 is 33.9. The minimum absolute atomic E-state index is 0.0170. The number of hydrogen-bond acceptors (Lipinski definition) is 7. The van der Waals surface area contributed by atoms with Crippen molar-refractivity contribution >= 4 is 33.2 Å². The van der Waals surface area contributed by atoms with E-state index in [1.54, 1.807) is 49.4 Å². The first kappa shape index (κ1) is 32.1. The van der Waals surface area contributed by atoms with Crippen LogP contribution in [0, 0.1) is 16.0 Å². The number of hydrogen-bond donors (Lipinski definition) is 1. The first-order valence-electron chi connectivity index (χ1n) is 13.5. The third kappa shape index (κ3) is 8.06. The summed E-state index contributed by atoms with van der Waals surface area (Å²) in [6, 6.07) is 18.7. The van der Waals surface area contributed by atoms with Crippen molar-refractivity contribution in [3.05, 3.63) is 94.5 Å². The number of sulfonamides is 1. The molecule has 0 bridgehead atoms. The summed E-state index contributed by atoms with van der Waals surface area (Å²) in [5, 5.41) is 14.1. The number of rotatable bonds is 14. The lowest BCUT2D eigenvalue weighted by Gasteiger charge is -2.33. The second-order valence-corrected chi connectivity index (χ2v) is 11.9. The highest BCUT2D eigenvalue weighted by Gasteiger charge is 2.34. The minimum atomic E-state index is -4.28. The molecule has 3 aromatic rings. The first-order chi connectivity index (χ1) is 20.0. The Labute approximate surface area is 246 Å². The Morgan fingerprint density at radius 3 is 2.24 bits per heavy atom. The van der Waals surface area contributed by atoms with E-state index in [0.717, 1.165) is 4.31 Å². The third-order valence-electron chi connectivity index (χ3n) is 6.52. The first-order valence-corrected chi connectivity index (χ1v) is 14.9. The van der Waals surface area contributed by atoms with Gasteiger partial charge in [-0.05, 0) is 54.3 Å². The fraction of sp³-hybridized carbons (Fsp3) is 0.333. The van der Waals surface area contributed by atoms with Crippen molar-refractivity contribution in [2.75, 3.05) is 24.5 Å². The van der Waals surface area contributed by atoms with Crippen molar-refractivity contribution in [1.82, 2.24) is 10.2 Å². The van der Waals surface area contributed by atoms with Crippen LogP contribution in [-0.2, 0) is 26.2 Å². The molecule has 0 spiro atoms. The Morgan fingerprint density at radius 2 is 1.67 bits per heavy atom. The molecule has 0 radical (unpaired) electrons. The number of nitro benzene ring substituents is 1. The molecule has 0 saturated heterocycles. The average molecular weight is 597 g/mol. The van der Waals surface area contributed by atoms with E-state index in [1.165, 1.54) is 48.4 Å². The number of ether oxygens (including phenoxy) is 1. The van der Waals surface area contributed by atoms with Gasteiger partial charge in [0.1, 0.15) is 18.3 Å². The van der Waals surface area contributed by atoms with E-state index in [-0.39, 0.29) is 41.1 Å². The highest BCUT2D eigenvalue weighted by Crippen LogP contribution is 2.27. The van der Waals surface area contributed by atoms with Gasteiger partial charge in [0.2, 0.25) is 11.8 Å². The molecule has 0 aromatic heterocycles. The van der Waals surface area contributed by atoms with E-state index >= 15 is 0 Å². The Balaban J connectivity index is 2.06. The van der Waals surface area contributed by atoms with Gasteiger partial charge in [0, 0.05) is 25.2 Å². The van der Waals surface area contributed by atoms with Gasteiger partial charge in [-0.3, -0.25) is 24.0 Å². The van der Waals surface area contributed by atoms with E-state index in [1.807, 2.05) is 13.8 Å². The number of non-ortho nitro benzene ring substituents is 1. The molecule has 224 valence electrons. The van der Waals surface area contributed by atoms with Gasteiger partial charge in [0.25, 0.3) is 15.7 Å². The molecule has 1 atom stereocenters. The molecule has 42 heavy (non-hydrogen) atoms. The van der Waals surface area contributed by atoms with Gasteiger partial charge in [-0.2, -0.15) is 0 Å². The fourth-order valence-electron chi connectivity index (χ4n) is 4.30. The Kier molecular flexibility index (Phi) is 11.0. The Morgan fingerprint density at radius 1 is 1.00 bits per heavy atom. The molecule has 0 unspecified atom stereocenters. The van der Waals surface area contributed by atoms with E-state index in [4.69, 9.17) is 4.74 Å². The summed E-state index contributed by atoms with van der Waals surface area (Å²) >= 11 is 0. The molecule has 3 aromatic carbocycles. The normalized spacial score (nSPS) is 11.9. The number of anilines is 1. The average Bonchev–Trinajstić information content (AvgIpc) is 2.99. The summed E-state index contributed by atoms with van der Waals surface area (Å²) in [6.45, 7) is 5.47. The monoisotopic (exact) mass is 596 g/mol. The molecule has 0 fully saturated rings. The van der Waals surface area contributed by atoms with Crippen molar-refractivity contribution in [2.45, 2.75) is 44.7 Å². The number of carbonyl (C=O) groups is 2. The summed E-state index contributed by atoms with van der Waals surface area (Å²) in [5.41, 5.74) is 0.525. The van der Waals surface area contributed by atoms with E-state index in [9.17, 15) is 28.1 Å². The van der Waals surface area contributed by atoms with Crippen LogP contribution >= 0.6 is 0 Å². The molecule has 3 rings (SSSR count). The molecule has 0 saturated carbocycles. The summed E-state index contributed by atoms with van der Waals surface area (Å²) in [4.78, 5) is 39.3. The van der Waals surface area contributed by atoms with Gasteiger partial charge in [-0.25, -0.2) is 8.42 Å². The Hall–Kier alpha value is -4.45. The number of nitrogens with zero attached hydrogens (tertiary/aromatic N) is 3. The predicted octanol–water partition coefficient (Wildman–Crippen LogP) is 4.38. The zero-order valence-corrected chi connectivity index (χ0v) is 24.9. The second-order valence-electron chi connectivity index (χ2n) is 10.0. The van der Waals surface area contributed by atoms with Crippen molar-refractivity contribution in [3.63, 3.8) is 0 Å². The topological polar surface area (TPSA) is 139 Å². The molecule has 0 aliphatic rings. The maximum Gasteiger partial charge on any atom is 0.269 e. The van der Waals surface area contributed by atoms with Gasteiger partial charge in [0.05, 0.1) is 22.6 Å². The molecule has 0 heterocycles. The molecule has 12 heteroatoms. The zero-order valence-electron chi connectivity index (χ0n) is 24.1. The van der Waals surface area contributed by atoms with Crippen molar-refractivity contribution in [2.24, 2.45) is 5.92 Å². The maximum atomic E-state index is 14.1. The summed E-state index contributed by atoms with van der Waals surface area (Å²) in [6.07, 6.45) is 0.280. The number of amides is 2. The van der Waals surface area contributed by atoms with Gasteiger partial charge in [-0.15, -0.1) is 0 Å². The molecule has 0 aliphatic heterocycles. The van der Waals surface area contributed by atoms with Gasteiger partial charge >= 0.3 is 0 Å². The van der Waals surface area contributed by atoms with Gasteiger partial charge in [0.15, 0.2) is 0 Å². The molecular weight excluding hydrogens is 560 g/mol. The maximum absolute atomic E-state index is 14.1. The number of nitrogens with one attached hydrogen (secondary N) is 1. The van der Waals surface area contributed by atoms with Crippen LogP contribution in [0.1, 0.15) is 32.8 Å². The van der Waals surface area contributed by atoms with Crippen LogP contribution in [0.25, 0.3) is 0 Å². The standard InChI is InChI=1S/C30H36N4O7S/c1-5-28(30(36)31-19-22(2)3)32(20-23-10-9-11-26(18-23)41-4)29(35)21-33(24-14-16-25(17-15-24)34(37)38)42(39,40)27-12-7-6-8-13-27/h6-18,22,28H,5,19-21H2,1-4H3,(H,31,36)/t28-/m0/s1. The molecule has 1 N–H and O–H groups in total. The van der Waals surface area contributed by atoms with Crippen molar-refractivity contribution in [3.8, 4) is 5.75 Å².